The Bertz CT molecular complexity index is 229. The number of nitrogens with two attached hydrogens (primary N) is 1. The molecule has 0 aliphatic heterocycles. The van der Waals surface area contributed by atoms with Gasteiger partial charge in [0, 0.05) is 19.1 Å². The Kier molecular flexibility index (Phi) is 3.47. The van der Waals surface area contributed by atoms with Gasteiger partial charge in [-0.15, -0.1) is 0 Å². The van der Waals surface area contributed by atoms with E-state index < -0.39 is 0 Å². The minimum absolute atomic E-state index is 0.305. The molecular weight excluding hydrogens is 184 g/mol. The molecule has 2 aliphatic rings. The highest BCUT2D eigenvalue weighted by Crippen LogP contribution is 2.36. The first-order chi connectivity index (χ1) is 7.18. The first-order valence-electron chi connectivity index (χ1n) is 6.33. The van der Waals surface area contributed by atoms with Crippen molar-refractivity contribution in [1.29, 1.82) is 0 Å². The molecule has 0 saturated heterocycles. The van der Waals surface area contributed by atoms with Gasteiger partial charge in [-0.3, -0.25) is 0 Å². The van der Waals surface area contributed by atoms with Crippen molar-refractivity contribution >= 4 is 0 Å². The fourth-order valence-electron chi connectivity index (χ4n) is 2.92. The Morgan fingerprint density at radius 2 is 2.07 bits per heavy atom. The second-order valence-electron chi connectivity index (χ2n) is 5.69. The van der Waals surface area contributed by atoms with Crippen LogP contribution in [0.3, 0.4) is 0 Å². The third-order valence-electron chi connectivity index (χ3n) is 3.97. The van der Waals surface area contributed by atoms with Crippen molar-refractivity contribution in [2.45, 2.75) is 45.1 Å². The largest absolute Gasteiger partial charge is 0.324 e. The van der Waals surface area contributed by atoms with Gasteiger partial charge in [-0.25, -0.2) is 0 Å². The lowest BCUT2D eigenvalue weighted by Crippen LogP contribution is -2.32. The van der Waals surface area contributed by atoms with Crippen LogP contribution in [0.1, 0.15) is 39.0 Å². The molecule has 2 atom stereocenters. The van der Waals surface area contributed by atoms with Crippen LogP contribution < -0.4 is 11.1 Å². The molecule has 15 heavy (non-hydrogen) atoms. The normalized spacial score (nSPS) is 33.7. The minimum atomic E-state index is 0.305. The van der Waals surface area contributed by atoms with Crippen LogP contribution >= 0.6 is 0 Å². The Balaban J connectivity index is 1.64. The van der Waals surface area contributed by atoms with Gasteiger partial charge in [-0.1, -0.05) is 31.9 Å². The van der Waals surface area contributed by atoms with Gasteiger partial charge in [0.2, 0.25) is 0 Å². The molecule has 0 aromatic rings. The molecule has 2 aliphatic carbocycles. The molecule has 2 nitrogen and oxygen atoms in total. The molecule has 3 N–H and O–H groups in total. The van der Waals surface area contributed by atoms with E-state index in [0.29, 0.717) is 17.4 Å². The van der Waals surface area contributed by atoms with Gasteiger partial charge in [0.1, 0.15) is 0 Å². The maximum atomic E-state index is 5.83. The zero-order chi connectivity index (χ0) is 10.7. The van der Waals surface area contributed by atoms with E-state index in [2.05, 4.69) is 24.4 Å². The summed E-state index contributed by atoms with van der Waals surface area (Å²) in [7, 11) is 0. The van der Waals surface area contributed by atoms with Gasteiger partial charge in [-0.05, 0) is 30.6 Å². The highest BCUT2D eigenvalue weighted by Gasteiger charge is 2.28. The molecular formula is C13H24N2. The SMILES string of the molecule is CC1(CNCC2C=CC(N)C2)CCCC1. The van der Waals surface area contributed by atoms with Crippen LogP contribution in [0.2, 0.25) is 0 Å². The summed E-state index contributed by atoms with van der Waals surface area (Å²) in [5, 5.41) is 3.62. The van der Waals surface area contributed by atoms with Crippen molar-refractivity contribution in [3.05, 3.63) is 12.2 Å². The van der Waals surface area contributed by atoms with Gasteiger partial charge >= 0.3 is 0 Å². The first kappa shape index (κ1) is 11.2. The maximum Gasteiger partial charge on any atom is 0.0229 e. The molecule has 2 unspecified atom stereocenters. The van der Waals surface area contributed by atoms with Crippen molar-refractivity contribution < 1.29 is 0 Å². The number of rotatable bonds is 4. The Morgan fingerprint density at radius 1 is 1.33 bits per heavy atom. The van der Waals surface area contributed by atoms with Gasteiger partial charge in [0.15, 0.2) is 0 Å². The average molecular weight is 208 g/mol. The molecule has 2 heteroatoms. The minimum Gasteiger partial charge on any atom is -0.324 e. The molecule has 0 heterocycles. The van der Waals surface area contributed by atoms with E-state index in [9.17, 15) is 0 Å². The van der Waals surface area contributed by atoms with Crippen LogP contribution in [0.5, 0.6) is 0 Å². The van der Waals surface area contributed by atoms with Crippen LogP contribution in [-0.4, -0.2) is 19.1 Å². The fraction of sp³-hybridized carbons (Fsp3) is 0.846. The highest BCUT2D eigenvalue weighted by molar-refractivity contribution is 5.05. The quantitative estimate of drug-likeness (QED) is 0.694. The zero-order valence-corrected chi connectivity index (χ0v) is 9.84. The van der Waals surface area contributed by atoms with E-state index in [4.69, 9.17) is 5.73 Å². The topological polar surface area (TPSA) is 38.0 Å². The summed E-state index contributed by atoms with van der Waals surface area (Å²) in [4.78, 5) is 0. The van der Waals surface area contributed by atoms with E-state index in [-0.39, 0.29) is 0 Å². The van der Waals surface area contributed by atoms with E-state index >= 15 is 0 Å². The molecule has 1 saturated carbocycles. The van der Waals surface area contributed by atoms with Crippen LogP contribution in [0.25, 0.3) is 0 Å². The molecule has 0 spiro atoms. The van der Waals surface area contributed by atoms with Crippen molar-refractivity contribution in [2.75, 3.05) is 13.1 Å². The Labute approximate surface area is 93.3 Å². The highest BCUT2D eigenvalue weighted by atomic mass is 14.9. The monoisotopic (exact) mass is 208 g/mol. The van der Waals surface area contributed by atoms with Crippen molar-refractivity contribution in [3.63, 3.8) is 0 Å². The predicted octanol–water partition coefficient (Wildman–Crippen LogP) is 2.06. The number of nitrogens with one attached hydrogen (secondary N) is 1. The molecule has 0 aromatic heterocycles. The van der Waals surface area contributed by atoms with Gasteiger partial charge in [0.05, 0.1) is 0 Å². The van der Waals surface area contributed by atoms with Gasteiger partial charge in [-0.2, -0.15) is 0 Å². The Morgan fingerprint density at radius 3 is 2.67 bits per heavy atom. The molecule has 0 bridgehead atoms. The fourth-order valence-corrected chi connectivity index (χ4v) is 2.92. The van der Waals surface area contributed by atoms with Crippen LogP contribution in [0.15, 0.2) is 12.2 Å². The first-order valence-corrected chi connectivity index (χ1v) is 6.33. The van der Waals surface area contributed by atoms with Crippen molar-refractivity contribution in [3.8, 4) is 0 Å². The molecule has 0 radical (unpaired) electrons. The lowest BCUT2D eigenvalue weighted by molar-refractivity contribution is 0.309. The second-order valence-corrected chi connectivity index (χ2v) is 5.69. The van der Waals surface area contributed by atoms with E-state index in [0.717, 1.165) is 13.0 Å². The molecule has 0 amide bonds. The van der Waals surface area contributed by atoms with Gasteiger partial charge < -0.3 is 11.1 Å². The van der Waals surface area contributed by atoms with E-state index in [1.54, 1.807) is 0 Å². The third-order valence-corrected chi connectivity index (χ3v) is 3.97. The Hall–Kier alpha value is -0.340. The van der Waals surface area contributed by atoms with Crippen LogP contribution in [0.4, 0.5) is 0 Å². The summed E-state index contributed by atoms with van der Waals surface area (Å²) in [6, 6.07) is 0.305. The van der Waals surface area contributed by atoms with E-state index in [1.807, 2.05) is 0 Å². The number of hydrogen-bond acceptors (Lipinski definition) is 2. The standard InChI is InChI=1S/C13H24N2/c1-13(6-2-3-7-13)10-15-9-11-4-5-12(14)8-11/h4-5,11-12,15H,2-3,6-10,14H2,1H3. The molecule has 1 fully saturated rings. The summed E-state index contributed by atoms with van der Waals surface area (Å²) >= 11 is 0. The lowest BCUT2D eigenvalue weighted by Gasteiger charge is -2.24. The average Bonchev–Trinajstić information content (AvgIpc) is 2.76. The second kappa shape index (κ2) is 4.67. The van der Waals surface area contributed by atoms with E-state index in [1.165, 1.54) is 32.2 Å². The smallest absolute Gasteiger partial charge is 0.0229 e. The van der Waals surface area contributed by atoms with Crippen LogP contribution in [0, 0.1) is 11.3 Å². The number of hydrogen-bond donors (Lipinski definition) is 2. The lowest BCUT2D eigenvalue weighted by atomic mass is 9.89. The summed E-state index contributed by atoms with van der Waals surface area (Å²) in [5.74, 6) is 0.671. The maximum absolute atomic E-state index is 5.83. The molecule has 0 aromatic carbocycles. The van der Waals surface area contributed by atoms with Crippen molar-refractivity contribution in [2.24, 2.45) is 17.1 Å². The van der Waals surface area contributed by atoms with Crippen molar-refractivity contribution in [1.82, 2.24) is 5.32 Å². The predicted molar refractivity (Wildman–Crippen MR) is 64.7 cm³/mol. The zero-order valence-electron chi connectivity index (χ0n) is 9.84. The molecule has 2 rings (SSSR count). The summed E-state index contributed by atoms with van der Waals surface area (Å²) in [5.41, 5.74) is 6.40. The van der Waals surface area contributed by atoms with Gasteiger partial charge in [0.25, 0.3) is 0 Å². The van der Waals surface area contributed by atoms with Crippen LogP contribution in [-0.2, 0) is 0 Å². The summed E-state index contributed by atoms with van der Waals surface area (Å²) in [6.07, 6.45) is 11.2. The molecule has 86 valence electrons. The summed E-state index contributed by atoms with van der Waals surface area (Å²) < 4.78 is 0. The summed E-state index contributed by atoms with van der Waals surface area (Å²) in [6.45, 7) is 4.72. The third kappa shape index (κ3) is 3.05.